The van der Waals surface area contributed by atoms with Crippen LogP contribution >= 0.6 is 0 Å². The molecule has 1 saturated carbocycles. The van der Waals surface area contributed by atoms with Crippen LogP contribution in [0.25, 0.3) is 0 Å². The number of likely N-dealkylation sites (N-methyl/N-ethyl adjacent to an activating group) is 1. The summed E-state index contributed by atoms with van der Waals surface area (Å²) in [6.45, 7) is 10.3. The topological polar surface area (TPSA) is 12.0 Å². The quantitative estimate of drug-likeness (QED) is 0.828. The molecule has 0 spiro atoms. The standard InChI is InChI=1S/C18H29N/c1-6-17(7-2)11-18(12-17,13-19-5)16-9-14(3)8-15(4)10-16/h8-10,19H,6-7,11-13H2,1-5H3. The van der Waals surface area contributed by atoms with Crippen LogP contribution in [0.2, 0.25) is 0 Å². The fraction of sp³-hybridized carbons (Fsp3) is 0.667. The summed E-state index contributed by atoms with van der Waals surface area (Å²) in [5, 5.41) is 3.43. The lowest BCUT2D eigenvalue weighted by molar-refractivity contribution is 0.0140. The average Bonchev–Trinajstić information content (AvgIpc) is 2.32. The van der Waals surface area contributed by atoms with Crippen molar-refractivity contribution in [1.29, 1.82) is 0 Å². The molecule has 1 aliphatic rings. The highest BCUT2D eigenvalue weighted by molar-refractivity contribution is 5.37. The van der Waals surface area contributed by atoms with Gasteiger partial charge in [-0.25, -0.2) is 0 Å². The van der Waals surface area contributed by atoms with Gasteiger partial charge in [0.15, 0.2) is 0 Å². The van der Waals surface area contributed by atoms with Crippen LogP contribution in [0.5, 0.6) is 0 Å². The molecule has 1 aliphatic carbocycles. The van der Waals surface area contributed by atoms with Gasteiger partial charge in [-0.05, 0) is 44.7 Å². The summed E-state index contributed by atoms with van der Waals surface area (Å²) in [6, 6.07) is 7.08. The van der Waals surface area contributed by atoms with E-state index >= 15 is 0 Å². The van der Waals surface area contributed by atoms with E-state index in [-0.39, 0.29) is 0 Å². The lowest BCUT2D eigenvalue weighted by atomic mass is 9.48. The predicted octanol–water partition coefficient (Wildman–Crippen LogP) is 4.36. The maximum absolute atomic E-state index is 3.43. The minimum Gasteiger partial charge on any atom is -0.319 e. The van der Waals surface area contributed by atoms with Crippen molar-refractivity contribution in [3.8, 4) is 0 Å². The Morgan fingerprint density at radius 3 is 1.95 bits per heavy atom. The van der Waals surface area contributed by atoms with Crippen molar-refractivity contribution in [2.75, 3.05) is 13.6 Å². The van der Waals surface area contributed by atoms with Crippen LogP contribution in [0, 0.1) is 19.3 Å². The van der Waals surface area contributed by atoms with E-state index in [4.69, 9.17) is 0 Å². The van der Waals surface area contributed by atoms with E-state index < -0.39 is 0 Å². The number of nitrogens with one attached hydrogen (secondary N) is 1. The van der Waals surface area contributed by atoms with E-state index in [2.05, 4.69) is 58.3 Å². The molecular weight excluding hydrogens is 230 g/mol. The summed E-state index contributed by atoms with van der Waals surface area (Å²) >= 11 is 0. The van der Waals surface area contributed by atoms with E-state index in [9.17, 15) is 0 Å². The first-order chi connectivity index (χ1) is 8.99. The van der Waals surface area contributed by atoms with Crippen molar-refractivity contribution in [3.63, 3.8) is 0 Å². The molecular formula is C18H29N. The molecule has 106 valence electrons. The molecule has 19 heavy (non-hydrogen) atoms. The van der Waals surface area contributed by atoms with Crippen molar-refractivity contribution in [2.45, 2.75) is 58.8 Å². The highest BCUT2D eigenvalue weighted by Crippen LogP contribution is 2.59. The second kappa shape index (κ2) is 5.28. The second-order valence-corrected chi connectivity index (χ2v) is 6.75. The van der Waals surface area contributed by atoms with Gasteiger partial charge in [0.05, 0.1) is 0 Å². The summed E-state index contributed by atoms with van der Waals surface area (Å²) in [6.07, 6.45) is 5.33. The molecule has 1 fully saturated rings. The van der Waals surface area contributed by atoms with E-state index in [1.54, 1.807) is 5.56 Å². The molecule has 0 atom stereocenters. The largest absolute Gasteiger partial charge is 0.319 e. The van der Waals surface area contributed by atoms with Gasteiger partial charge < -0.3 is 5.32 Å². The molecule has 0 heterocycles. The van der Waals surface area contributed by atoms with Crippen molar-refractivity contribution in [1.82, 2.24) is 5.32 Å². The lowest BCUT2D eigenvalue weighted by Crippen LogP contribution is -2.54. The third-order valence-electron chi connectivity index (χ3n) is 5.28. The zero-order valence-corrected chi connectivity index (χ0v) is 13.3. The minimum absolute atomic E-state index is 0.373. The van der Waals surface area contributed by atoms with Gasteiger partial charge in [0, 0.05) is 12.0 Å². The SMILES string of the molecule is CCC1(CC)CC(CNC)(c2cc(C)cc(C)c2)C1. The Kier molecular flexibility index (Phi) is 4.06. The van der Waals surface area contributed by atoms with Crippen LogP contribution in [-0.2, 0) is 5.41 Å². The van der Waals surface area contributed by atoms with Crippen molar-refractivity contribution in [3.05, 3.63) is 34.9 Å². The summed E-state index contributed by atoms with van der Waals surface area (Å²) < 4.78 is 0. The van der Waals surface area contributed by atoms with Crippen LogP contribution in [0.15, 0.2) is 18.2 Å². The van der Waals surface area contributed by atoms with Gasteiger partial charge in [0.1, 0.15) is 0 Å². The molecule has 1 aromatic rings. The van der Waals surface area contributed by atoms with Gasteiger partial charge in [0.25, 0.3) is 0 Å². The summed E-state index contributed by atoms with van der Waals surface area (Å²) in [5.74, 6) is 0. The molecule has 0 bridgehead atoms. The molecule has 1 N–H and O–H groups in total. The Morgan fingerprint density at radius 2 is 1.53 bits per heavy atom. The number of rotatable bonds is 5. The number of benzene rings is 1. The van der Waals surface area contributed by atoms with Gasteiger partial charge in [-0.1, -0.05) is 56.0 Å². The monoisotopic (exact) mass is 259 g/mol. The molecule has 2 rings (SSSR count). The highest BCUT2D eigenvalue weighted by atomic mass is 14.8. The molecule has 0 saturated heterocycles. The van der Waals surface area contributed by atoms with E-state index in [0.717, 1.165) is 6.54 Å². The van der Waals surface area contributed by atoms with E-state index in [1.165, 1.54) is 36.8 Å². The Morgan fingerprint density at radius 1 is 1.00 bits per heavy atom. The maximum atomic E-state index is 3.43. The predicted molar refractivity (Wildman–Crippen MR) is 83.8 cm³/mol. The Hall–Kier alpha value is -0.820. The van der Waals surface area contributed by atoms with Gasteiger partial charge in [0.2, 0.25) is 0 Å². The lowest BCUT2D eigenvalue weighted by Gasteiger charge is -2.57. The number of hydrogen-bond donors (Lipinski definition) is 1. The Labute approximate surface area is 118 Å². The molecule has 0 unspecified atom stereocenters. The van der Waals surface area contributed by atoms with Gasteiger partial charge in [-0.15, -0.1) is 0 Å². The van der Waals surface area contributed by atoms with E-state index in [0.29, 0.717) is 10.8 Å². The van der Waals surface area contributed by atoms with E-state index in [1.807, 2.05) is 0 Å². The third kappa shape index (κ3) is 2.58. The normalized spacial score (nSPS) is 20.1. The summed E-state index contributed by atoms with van der Waals surface area (Å²) in [4.78, 5) is 0. The van der Waals surface area contributed by atoms with Crippen LogP contribution < -0.4 is 5.32 Å². The maximum Gasteiger partial charge on any atom is 0.00884 e. The van der Waals surface area contributed by atoms with Crippen LogP contribution in [0.1, 0.15) is 56.2 Å². The van der Waals surface area contributed by atoms with Crippen molar-refractivity contribution < 1.29 is 0 Å². The van der Waals surface area contributed by atoms with Crippen LogP contribution in [-0.4, -0.2) is 13.6 Å². The smallest absolute Gasteiger partial charge is 0.00884 e. The number of hydrogen-bond acceptors (Lipinski definition) is 1. The molecule has 1 heteroatoms. The summed E-state index contributed by atoms with van der Waals surface area (Å²) in [7, 11) is 2.09. The first-order valence-corrected chi connectivity index (χ1v) is 7.72. The van der Waals surface area contributed by atoms with Crippen LogP contribution in [0.3, 0.4) is 0 Å². The molecule has 1 aromatic carbocycles. The molecule has 0 aliphatic heterocycles. The Balaban J connectivity index is 2.32. The fourth-order valence-electron chi connectivity index (χ4n) is 4.18. The first-order valence-electron chi connectivity index (χ1n) is 7.72. The second-order valence-electron chi connectivity index (χ2n) is 6.75. The van der Waals surface area contributed by atoms with Gasteiger partial charge in [-0.2, -0.15) is 0 Å². The Bertz CT molecular complexity index is 415. The molecule has 0 radical (unpaired) electrons. The van der Waals surface area contributed by atoms with Gasteiger partial charge >= 0.3 is 0 Å². The molecule has 0 aromatic heterocycles. The molecule has 0 amide bonds. The van der Waals surface area contributed by atoms with Crippen molar-refractivity contribution in [2.24, 2.45) is 5.41 Å². The minimum atomic E-state index is 0.373. The third-order valence-corrected chi connectivity index (χ3v) is 5.28. The van der Waals surface area contributed by atoms with Gasteiger partial charge in [-0.3, -0.25) is 0 Å². The van der Waals surface area contributed by atoms with Crippen molar-refractivity contribution >= 4 is 0 Å². The average molecular weight is 259 g/mol. The zero-order valence-electron chi connectivity index (χ0n) is 13.3. The van der Waals surface area contributed by atoms with Crippen LogP contribution in [0.4, 0.5) is 0 Å². The number of aryl methyl sites for hydroxylation is 2. The fourth-order valence-corrected chi connectivity index (χ4v) is 4.18. The first kappa shape index (κ1) is 14.6. The zero-order chi connectivity index (χ0) is 14.1. The highest BCUT2D eigenvalue weighted by Gasteiger charge is 2.52. The molecule has 1 nitrogen and oxygen atoms in total. The summed E-state index contributed by atoms with van der Waals surface area (Å²) in [5.41, 5.74) is 5.32.